The van der Waals surface area contributed by atoms with Gasteiger partial charge in [0.2, 0.25) is 0 Å². The average molecular weight is 436 g/mol. The summed E-state index contributed by atoms with van der Waals surface area (Å²) in [5.41, 5.74) is 2.43. The third kappa shape index (κ3) is 3.64. The molecular weight excluding hydrogens is 416 g/mol. The number of anilines is 1. The van der Waals surface area contributed by atoms with Gasteiger partial charge in [-0.3, -0.25) is 14.7 Å². The summed E-state index contributed by atoms with van der Waals surface area (Å²) in [5.74, 6) is -0.728. The first kappa shape index (κ1) is 20.5. The molecule has 0 fully saturated rings. The summed E-state index contributed by atoms with van der Waals surface area (Å²) in [6, 6.07) is 15.6. The number of benzene rings is 2. The fraction of sp³-hybridized carbons (Fsp3) is 0.136. The van der Waals surface area contributed by atoms with Gasteiger partial charge in [0.15, 0.2) is 15.5 Å². The lowest BCUT2D eigenvalue weighted by Crippen LogP contribution is -2.29. The molecule has 4 rings (SSSR count). The zero-order chi connectivity index (χ0) is 22.3. The van der Waals surface area contributed by atoms with Gasteiger partial charge in [0.25, 0.3) is 11.5 Å². The first-order valence-electron chi connectivity index (χ1n) is 9.46. The van der Waals surface area contributed by atoms with Gasteiger partial charge in [0, 0.05) is 17.5 Å². The van der Waals surface area contributed by atoms with Crippen molar-refractivity contribution in [3.8, 4) is 11.1 Å². The molecule has 2 aromatic heterocycles. The van der Waals surface area contributed by atoms with Crippen LogP contribution in [-0.2, 0) is 9.84 Å². The van der Waals surface area contributed by atoms with Crippen LogP contribution in [0.2, 0.25) is 0 Å². The van der Waals surface area contributed by atoms with Crippen LogP contribution in [0.15, 0.2) is 64.3 Å². The van der Waals surface area contributed by atoms with Crippen LogP contribution in [0.4, 0.5) is 5.69 Å². The van der Waals surface area contributed by atoms with Crippen molar-refractivity contribution in [3.63, 3.8) is 0 Å². The van der Waals surface area contributed by atoms with Gasteiger partial charge >= 0.3 is 0 Å². The second-order valence-electron chi connectivity index (χ2n) is 7.24. The van der Waals surface area contributed by atoms with Crippen LogP contribution in [0.3, 0.4) is 0 Å². The Hall–Kier alpha value is -3.72. The number of hydrogen-bond donors (Lipinski definition) is 2. The summed E-state index contributed by atoms with van der Waals surface area (Å²) in [6.45, 7) is 3.41. The molecule has 0 saturated heterocycles. The van der Waals surface area contributed by atoms with E-state index >= 15 is 0 Å². The largest absolute Gasteiger partial charge is 0.321 e. The second-order valence-corrected chi connectivity index (χ2v) is 9.22. The number of carbonyl (C=O) groups is 1. The van der Waals surface area contributed by atoms with Crippen LogP contribution in [0, 0.1) is 13.8 Å². The number of amides is 1. The summed E-state index contributed by atoms with van der Waals surface area (Å²) in [6.07, 6.45) is 1.05. The zero-order valence-corrected chi connectivity index (χ0v) is 17.9. The highest BCUT2D eigenvalue weighted by Crippen LogP contribution is 2.27. The van der Waals surface area contributed by atoms with Crippen molar-refractivity contribution in [2.24, 2.45) is 0 Å². The molecule has 4 aromatic rings. The Bertz CT molecular complexity index is 1490. The van der Waals surface area contributed by atoms with Crippen molar-refractivity contribution in [2.45, 2.75) is 18.7 Å². The highest BCUT2D eigenvalue weighted by Gasteiger charge is 2.23. The number of aromatic nitrogens is 3. The van der Waals surface area contributed by atoms with E-state index in [9.17, 15) is 18.0 Å². The van der Waals surface area contributed by atoms with E-state index in [0.717, 1.165) is 23.1 Å². The SMILES string of the molecule is Cc1nc2c(-c3ccccc3)c(C)[nH]n2c(=O)c1C(=O)Nc1ccccc1S(C)(=O)=O. The normalized spacial score (nSPS) is 11.6. The van der Waals surface area contributed by atoms with Gasteiger partial charge < -0.3 is 5.32 Å². The minimum atomic E-state index is -3.57. The van der Waals surface area contributed by atoms with Crippen LogP contribution in [0.5, 0.6) is 0 Å². The van der Waals surface area contributed by atoms with Crippen molar-refractivity contribution < 1.29 is 13.2 Å². The number of sulfone groups is 1. The maximum atomic E-state index is 13.2. The van der Waals surface area contributed by atoms with Gasteiger partial charge in [-0.25, -0.2) is 17.9 Å². The van der Waals surface area contributed by atoms with Crippen LogP contribution in [-0.4, -0.2) is 35.2 Å². The highest BCUT2D eigenvalue weighted by atomic mass is 32.2. The molecule has 0 radical (unpaired) electrons. The molecule has 0 unspecified atom stereocenters. The molecule has 0 spiro atoms. The van der Waals surface area contributed by atoms with Gasteiger partial charge in [-0.15, -0.1) is 0 Å². The Morgan fingerprint density at radius 1 is 1.03 bits per heavy atom. The molecular formula is C22H20N4O4S. The van der Waals surface area contributed by atoms with Crippen molar-refractivity contribution in [2.75, 3.05) is 11.6 Å². The monoisotopic (exact) mass is 436 g/mol. The minimum Gasteiger partial charge on any atom is -0.321 e. The molecule has 158 valence electrons. The molecule has 0 aliphatic heterocycles. The van der Waals surface area contributed by atoms with Crippen LogP contribution < -0.4 is 10.9 Å². The number of H-pyrrole nitrogens is 1. The number of para-hydroxylation sites is 1. The number of nitrogens with one attached hydrogen (secondary N) is 2. The smallest absolute Gasteiger partial charge is 0.285 e. The molecule has 2 aromatic carbocycles. The molecule has 31 heavy (non-hydrogen) atoms. The van der Waals surface area contributed by atoms with Crippen LogP contribution in [0.1, 0.15) is 21.7 Å². The third-order valence-electron chi connectivity index (χ3n) is 4.97. The fourth-order valence-electron chi connectivity index (χ4n) is 3.58. The number of aromatic amines is 1. The van der Waals surface area contributed by atoms with E-state index in [1.807, 2.05) is 37.3 Å². The van der Waals surface area contributed by atoms with Crippen molar-refractivity contribution in [3.05, 3.63) is 81.9 Å². The molecule has 0 bridgehead atoms. The summed E-state index contributed by atoms with van der Waals surface area (Å²) in [4.78, 5) is 30.6. The topological polar surface area (TPSA) is 113 Å². The quantitative estimate of drug-likeness (QED) is 0.511. The Kier molecular flexibility index (Phi) is 4.98. The van der Waals surface area contributed by atoms with E-state index in [4.69, 9.17) is 0 Å². The fourth-order valence-corrected chi connectivity index (χ4v) is 4.42. The molecule has 0 aliphatic rings. The van der Waals surface area contributed by atoms with E-state index in [1.54, 1.807) is 19.1 Å². The highest BCUT2D eigenvalue weighted by molar-refractivity contribution is 7.90. The molecule has 1 amide bonds. The first-order valence-corrected chi connectivity index (χ1v) is 11.4. The summed E-state index contributed by atoms with van der Waals surface area (Å²) >= 11 is 0. The van der Waals surface area contributed by atoms with Crippen LogP contribution in [0.25, 0.3) is 16.8 Å². The standard InChI is InChI=1S/C22H20N4O4S/c1-13-19(21(27)24-16-11-7-8-12-17(16)31(3,29)30)22(28)26-20(23-13)18(14(2)25-26)15-9-5-4-6-10-15/h4-12,25H,1-3H3,(H,24,27). The van der Waals surface area contributed by atoms with Crippen molar-refractivity contribution >= 4 is 27.1 Å². The van der Waals surface area contributed by atoms with Gasteiger partial charge in [-0.2, -0.15) is 0 Å². The molecule has 9 heteroatoms. The molecule has 8 nitrogen and oxygen atoms in total. The van der Waals surface area contributed by atoms with Gasteiger partial charge in [-0.1, -0.05) is 42.5 Å². The molecule has 2 heterocycles. The predicted octanol–water partition coefficient (Wildman–Crippen LogP) is 2.96. The Balaban J connectivity index is 1.84. The third-order valence-corrected chi connectivity index (χ3v) is 6.12. The number of carbonyl (C=O) groups excluding carboxylic acids is 1. The summed E-state index contributed by atoms with van der Waals surface area (Å²) in [5, 5.41) is 5.53. The summed E-state index contributed by atoms with van der Waals surface area (Å²) in [7, 11) is -3.57. The van der Waals surface area contributed by atoms with E-state index in [-0.39, 0.29) is 21.8 Å². The Morgan fingerprint density at radius 3 is 2.35 bits per heavy atom. The van der Waals surface area contributed by atoms with E-state index in [0.29, 0.717) is 5.65 Å². The number of fused-ring (bicyclic) bond motifs is 1. The first-order chi connectivity index (χ1) is 14.7. The molecule has 2 N–H and O–H groups in total. The van der Waals surface area contributed by atoms with E-state index < -0.39 is 21.3 Å². The minimum absolute atomic E-state index is 0.0303. The lowest BCUT2D eigenvalue weighted by atomic mass is 10.1. The number of rotatable bonds is 4. The van der Waals surface area contributed by atoms with Crippen molar-refractivity contribution in [1.82, 2.24) is 14.6 Å². The average Bonchev–Trinajstić information content (AvgIpc) is 3.04. The number of hydrogen-bond acceptors (Lipinski definition) is 5. The van der Waals surface area contributed by atoms with Crippen LogP contribution >= 0.6 is 0 Å². The summed E-state index contributed by atoms with van der Waals surface area (Å²) < 4.78 is 25.3. The van der Waals surface area contributed by atoms with E-state index in [2.05, 4.69) is 15.4 Å². The van der Waals surface area contributed by atoms with Gasteiger partial charge in [0.05, 0.1) is 16.3 Å². The molecule has 0 atom stereocenters. The predicted molar refractivity (Wildman–Crippen MR) is 118 cm³/mol. The zero-order valence-electron chi connectivity index (χ0n) is 17.1. The van der Waals surface area contributed by atoms with Crippen molar-refractivity contribution in [1.29, 1.82) is 0 Å². The lowest BCUT2D eigenvalue weighted by Gasteiger charge is -2.11. The van der Waals surface area contributed by atoms with Gasteiger partial charge in [-0.05, 0) is 31.5 Å². The van der Waals surface area contributed by atoms with E-state index in [1.165, 1.54) is 16.6 Å². The molecule has 0 aliphatic carbocycles. The Morgan fingerprint density at radius 2 is 1.68 bits per heavy atom. The lowest BCUT2D eigenvalue weighted by molar-refractivity contribution is 0.102. The maximum absolute atomic E-state index is 13.2. The molecule has 0 saturated carbocycles. The number of aryl methyl sites for hydroxylation is 2. The number of nitrogens with zero attached hydrogens (tertiary/aromatic N) is 2. The van der Waals surface area contributed by atoms with Gasteiger partial charge in [0.1, 0.15) is 5.56 Å². The Labute approximate surface area is 178 Å². The second kappa shape index (κ2) is 7.51. The maximum Gasteiger partial charge on any atom is 0.285 e.